The summed E-state index contributed by atoms with van der Waals surface area (Å²) in [5.74, 6) is 15.4. The Labute approximate surface area is 611 Å². The van der Waals surface area contributed by atoms with Gasteiger partial charge in [-0.1, -0.05) is 199 Å². The van der Waals surface area contributed by atoms with Gasteiger partial charge in [0.15, 0.2) is 9.84 Å². The van der Waals surface area contributed by atoms with Crippen LogP contribution in [0.1, 0.15) is 276 Å². The van der Waals surface area contributed by atoms with E-state index in [0.29, 0.717) is 61.2 Å². The molecule has 572 valence electrons. The number of hydrogen-bond acceptors (Lipinski definition) is 10. The van der Waals surface area contributed by atoms with Crippen molar-refractivity contribution in [3.05, 3.63) is 70.8 Å². The van der Waals surface area contributed by atoms with Gasteiger partial charge in [-0.2, -0.15) is 0 Å². The third-order valence-corrected chi connectivity index (χ3v) is 30.5. The molecule has 2 aromatic rings. The van der Waals surface area contributed by atoms with Crippen molar-refractivity contribution in [1.82, 2.24) is 9.80 Å². The maximum atomic E-state index is 11.2. The number of sulfone groups is 1. The van der Waals surface area contributed by atoms with Gasteiger partial charge < -0.3 is 38.2 Å². The van der Waals surface area contributed by atoms with Gasteiger partial charge >= 0.3 is 0 Å². The van der Waals surface area contributed by atoms with Crippen molar-refractivity contribution in [2.24, 2.45) is 101 Å². The van der Waals surface area contributed by atoms with Crippen molar-refractivity contribution >= 4 is 9.84 Å². The third kappa shape index (κ3) is 27.1. The van der Waals surface area contributed by atoms with Crippen LogP contribution < -0.4 is 0 Å². The predicted molar refractivity (Wildman–Crippen MR) is 418 cm³/mol. The lowest BCUT2D eigenvalue weighted by atomic mass is 9.78. The molecule has 0 bridgehead atoms. The van der Waals surface area contributed by atoms with Gasteiger partial charge in [0.1, 0.15) is 13.6 Å². The number of fused-ring (bicyclic) bond motifs is 4. The highest BCUT2D eigenvalue weighted by Crippen LogP contribution is 2.47. The minimum absolute atomic E-state index is 0.110. The largest absolute Gasteiger partial charge is 0.381 e. The molecule has 7 saturated heterocycles. The average molecular weight is 1400 g/mol. The van der Waals surface area contributed by atoms with Crippen molar-refractivity contribution in [2.45, 2.75) is 314 Å². The standard InChI is InChI=1S/C12H16.C11H14.C10H18O.C9H16O2.2C8H17N.C8H14O2.C8H16.C7H14O2S.C7H14O/c1-9-7-11-5-3-4-6-12(11)8-10(9)2;1-8-7-10-5-3-4-6-11(10)9(8)2;1-8-6-10(7-9(8)2)4-3-5-11-10;1-6-3-8-9(4-7(6)2)11-5-10-8;1-7-4-5-9(3)6-8(7)2;1-7-5-4-6-9(3)8(7)2;1-5-3-7-8(6(5)2)10-4-9-7;1-7-5-3-4-6-8(7)2;1-6-4-3-5-10(8,9)7(6)2;1-6-3-4-8-5-7(6)2/h3-6,9-10H,7-8H2,1-2H3;3-6,8-9H,7H2,1-2H3;8-9H,3-7H2,1-2H3;6-9H,3-5H2,1-2H3;2*7-8H,4-6H2,1-3H3;5-8H,3-4H2,1-2H3;7-8H,3-6H2,1-2H3;6-7H,3-5H2,1-2H3;6-7H,3-5H2,1-2H3. The topological polar surface area (TPSA) is 96.0 Å². The number of ether oxygens (including phenoxy) is 6. The lowest BCUT2D eigenvalue weighted by Crippen LogP contribution is -2.39. The minimum Gasteiger partial charge on any atom is -0.381 e. The lowest BCUT2D eigenvalue weighted by Gasteiger charge is -2.34. The molecule has 0 N–H and O–H groups in total. The smallest absolute Gasteiger partial charge is 0.153 e. The fourth-order valence-electron chi connectivity index (χ4n) is 17.7. The molecule has 4 saturated carbocycles. The van der Waals surface area contributed by atoms with Crippen molar-refractivity contribution in [2.75, 3.05) is 72.9 Å². The van der Waals surface area contributed by atoms with E-state index < -0.39 is 9.84 Å². The Kier molecular flexibility index (Phi) is 36.8. The van der Waals surface area contributed by atoms with Crippen molar-refractivity contribution in [3.63, 3.8) is 0 Å². The maximum absolute atomic E-state index is 11.2. The number of hydrogen-bond donors (Lipinski definition) is 0. The van der Waals surface area contributed by atoms with Crippen LogP contribution in [0.4, 0.5) is 0 Å². The third-order valence-electron chi connectivity index (χ3n) is 28.0. The Morgan fingerprint density at radius 1 is 0.434 bits per heavy atom. The Morgan fingerprint density at radius 2 is 0.939 bits per heavy atom. The zero-order chi connectivity index (χ0) is 72.7. The van der Waals surface area contributed by atoms with E-state index in [1.165, 1.54) is 135 Å². The quantitative estimate of drug-likeness (QED) is 0.254. The molecule has 10 nitrogen and oxygen atoms in total. The molecule has 0 amide bonds. The summed E-state index contributed by atoms with van der Waals surface area (Å²) < 4.78 is 55.2. The number of rotatable bonds is 0. The molecule has 0 radical (unpaired) electrons. The van der Waals surface area contributed by atoms with Crippen LogP contribution in [0.15, 0.2) is 48.5 Å². The van der Waals surface area contributed by atoms with Gasteiger partial charge in [-0.3, -0.25) is 0 Å². The second kappa shape index (κ2) is 42.4. The number of benzene rings is 2. The lowest BCUT2D eigenvalue weighted by molar-refractivity contribution is 0.00588. The fourth-order valence-corrected chi connectivity index (χ4v) is 19.5. The highest BCUT2D eigenvalue weighted by Gasteiger charge is 2.45. The van der Waals surface area contributed by atoms with Crippen LogP contribution in [-0.4, -0.2) is 132 Å². The SMILES string of the molecule is CC1CC2(CCCO2)CC1C.CC1CC2OCOC2C1C.CC1CC2OCOC2CC1C.CC1CCCCC1C.CC1CCCN(C)C1C.CC1CCCS(=O)(=O)C1C.CC1CCN(C)CC1C.CC1CCOCC1C.CC1Cc2ccccc2C1C.CC1Cc2ccccc2CC1C. The van der Waals surface area contributed by atoms with Crippen LogP contribution in [0.3, 0.4) is 0 Å². The van der Waals surface area contributed by atoms with Crippen LogP contribution in [0.25, 0.3) is 0 Å². The zero-order valence-corrected chi connectivity index (χ0v) is 68.9. The molecule has 24 unspecified atom stereocenters. The van der Waals surface area contributed by atoms with E-state index in [2.05, 4.69) is 197 Å². The summed E-state index contributed by atoms with van der Waals surface area (Å²) in [6.45, 7) is 53.7. The van der Waals surface area contributed by atoms with Gasteiger partial charge in [0.25, 0.3) is 0 Å². The first-order chi connectivity index (χ1) is 46.9. The zero-order valence-electron chi connectivity index (χ0n) is 68.0. The fraction of sp³-hybridized carbons (Fsp3) is 0.864. The molecular weight excluding hydrogens is 1250 g/mol. The molecule has 11 fully saturated rings. The first-order valence-electron chi connectivity index (χ1n) is 41.3. The summed E-state index contributed by atoms with van der Waals surface area (Å²) >= 11 is 0. The first kappa shape index (κ1) is 86.0. The molecule has 1 spiro atoms. The van der Waals surface area contributed by atoms with E-state index in [0.717, 1.165) is 133 Å². The second-order valence-corrected chi connectivity index (χ2v) is 38.4. The second-order valence-electron chi connectivity index (χ2n) is 35.9. The Bertz CT molecular complexity index is 2540. The van der Waals surface area contributed by atoms with Crippen LogP contribution in [0, 0.1) is 101 Å². The Morgan fingerprint density at radius 3 is 1.40 bits per heavy atom. The molecule has 2 aromatic carbocycles. The maximum Gasteiger partial charge on any atom is 0.153 e. The summed E-state index contributed by atoms with van der Waals surface area (Å²) in [5, 5.41) is -0.110. The van der Waals surface area contributed by atoms with Crippen LogP contribution in [-0.2, 0) is 57.5 Å². The van der Waals surface area contributed by atoms with Gasteiger partial charge in [0, 0.05) is 32.4 Å². The van der Waals surface area contributed by atoms with Crippen LogP contribution in [0.2, 0.25) is 0 Å². The number of piperidine rings is 2. The highest BCUT2D eigenvalue weighted by molar-refractivity contribution is 7.92. The molecule has 24 atom stereocenters. The van der Waals surface area contributed by atoms with E-state index in [1.54, 1.807) is 22.3 Å². The van der Waals surface area contributed by atoms with Gasteiger partial charge in [-0.05, 0) is 273 Å². The highest BCUT2D eigenvalue weighted by atomic mass is 32.2. The van der Waals surface area contributed by atoms with E-state index in [4.69, 9.17) is 28.4 Å². The summed E-state index contributed by atoms with van der Waals surface area (Å²) in [5.41, 5.74) is 6.61. The van der Waals surface area contributed by atoms with E-state index in [1.807, 2.05) is 13.8 Å². The normalized spacial score (nSPS) is 40.7. The van der Waals surface area contributed by atoms with E-state index in [9.17, 15) is 8.42 Å². The van der Waals surface area contributed by atoms with Crippen LogP contribution in [0.5, 0.6) is 0 Å². The minimum atomic E-state index is -2.71. The van der Waals surface area contributed by atoms with Crippen molar-refractivity contribution in [1.29, 1.82) is 0 Å². The first-order valence-corrected chi connectivity index (χ1v) is 43.0. The molecule has 15 rings (SSSR count). The molecule has 7 heterocycles. The van der Waals surface area contributed by atoms with Crippen LogP contribution >= 0.6 is 0 Å². The van der Waals surface area contributed by atoms with Crippen molar-refractivity contribution in [3.8, 4) is 0 Å². The van der Waals surface area contributed by atoms with Gasteiger partial charge in [0.2, 0.25) is 0 Å². The van der Waals surface area contributed by atoms with Gasteiger partial charge in [-0.25, -0.2) is 8.42 Å². The number of likely N-dealkylation sites (tertiary alicyclic amines) is 2. The number of nitrogens with zero attached hydrogens (tertiary/aromatic N) is 2. The summed E-state index contributed by atoms with van der Waals surface area (Å²) in [4.78, 5) is 4.87. The average Bonchev–Trinajstić information content (AvgIpc) is 1.62. The molecular formula is C88H156N2O8S. The van der Waals surface area contributed by atoms with E-state index >= 15 is 0 Å². The molecule has 6 aliphatic carbocycles. The summed E-state index contributed by atoms with van der Waals surface area (Å²) in [7, 11) is 1.72. The molecule has 0 aromatic heterocycles. The Hall–Kier alpha value is -1.93. The monoisotopic (exact) mass is 1400 g/mol. The predicted octanol–water partition coefficient (Wildman–Crippen LogP) is 20.9. The summed E-state index contributed by atoms with van der Waals surface area (Å²) in [6, 6.07) is 18.5. The van der Waals surface area contributed by atoms with Gasteiger partial charge in [0.05, 0.1) is 41.0 Å². The molecule has 99 heavy (non-hydrogen) atoms. The molecule has 7 aliphatic heterocycles. The molecule has 11 heteroatoms. The van der Waals surface area contributed by atoms with Gasteiger partial charge in [-0.15, -0.1) is 0 Å². The van der Waals surface area contributed by atoms with Crippen molar-refractivity contribution < 1.29 is 36.8 Å². The Balaban J connectivity index is 0.000000174. The van der Waals surface area contributed by atoms with E-state index in [-0.39, 0.29) is 5.25 Å². The summed E-state index contributed by atoms with van der Waals surface area (Å²) in [6.07, 6.45) is 27.5. The molecule has 13 aliphatic rings.